The van der Waals surface area contributed by atoms with E-state index >= 15 is 0 Å². The van der Waals surface area contributed by atoms with Gasteiger partial charge in [0.15, 0.2) is 0 Å². The maximum Gasteiger partial charge on any atom is 0.247 e. The molecule has 2 aromatic carbocycles. The number of carbonyl (C=O) groups excluding carboxylic acids is 1. The molecule has 252 valence electrons. The van der Waals surface area contributed by atoms with Crippen molar-refractivity contribution in [1.29, 1.82) is 0 Å². The first-order valence-corrected chi connectivity index (χ1v) is 17.1. The molecule has 1 N–H and O–H groups in total. The molecular formula is C37H36Cl2N6O4. The van der Waals surface area contributed by atoms with E-state index in [0.717, 1.165) is 54.4 Å². The average molecular weight is 700 g/mol. The van der Waals surface area contributed by atoms with Gasteiger partial charge in [-0.2, -0.15) is 0 Å². The van der Waals surface area contributed by atoms with Gasteiger partial charge in [0.25, 0.3) is 0 Å². The lowest BCUT2D eigenvalue weighted by Crippen LogP contribution is -2.30. The Balaban J connectivity index is 1.22. The van der Waals surface area contributed by atoms with Crippen LogP contribution in [0, 0.1) is 11.8 Å². The number of ether oxygens (including phenoxy) is 3. The van der Waals surface area contributed by atoms with Crippen LogP contribution < -0.4 is 24.4 Å². The van der Waals surface area contributed by atoms with Crippen molar-refractivity contribution in [2.24, 2.45) is 11.8 Å². The predicted octanol–water partition coefficient (Wildman–Crippen LogP) is 7.20. The monoisotopic (exact) mass is 698 g/mol. The summed E-state index contributed by atoms with van der Waals surface area (Å²) in [6, 6.07) is 10.4. The van der Waals surface area contributed by atoms with Gasteiger partial charge in [0.1, 0.15) is 22.9 Å². The fraction of sp³-hybridized carbons (Fsp3) is 0.324. The highest BCUT2D eigenvalue weighted by Gasteiger charge is 2.44. The number of likely N-dealkylation sites (tertiary alicyclic amines) is 1. The number of rotatable bonds is 9. The van der Waals surface area contributed by atoms with Crippen molar-refractivity contribution < 1.29 is 19.0 Å². The molecule has 0 radical (unpaired) electrons. The average Bonchev–Trinajstić information content (AvgIpc) is 3.50. The molecule has 5 aromatic rings. The number of pyridine rings is 2. The number of benzene rings is 2. The van der Waals surface area contributed by atoms with Crippen LogP contribution in [0.2, 0.25) is 10.0 Å². The molecule has 3 fully saturated rings. The number of imidazole rings is 1. The third-order valence-electron chi connectivity index (χ3n) is 10.2. The molecule has 5 heterocycles. The summed E-state index contributed by atoms with van der Waals surface area (Å²) in [6.07, 6.45) is 9.36. The van der Waals surface area contributed by atoms with Gasteiger partial charge in [-0.25, -0.2) is 4.98 Å². The van der Waals surface area contributed by atoms with E-state index in [1.807, 2.05) is 34.9 Å². The van der Waals surface area contributed by atoms with E-state index < -0.39 is 0 Å². The number of nitrogens with zero attached hydrogens (tertiary/aromatic N) is 5. The molecule has 0 spiro atoms. The summed E-state index contributed by atoms with van der Waals surface area (Å²) in [5.74, 6) is 2.48. The molecule has 1 amide bonds. The smallest absolute Gasteiger partial charge is 0.247 e. The van der Waals surface area contributed by atoms with Gasteiger partial charge in [0.05, 0.1) is 54.0 Å². The van der Waals surface area contributed by atoms with Gasteiger partial charge in [0, 0.05) is 85.0 Å². The molecule has 3 aliphatic rings. The summed E-state index contributed by atoms with van der Waals surface area (Å²) < 4.78 is 19.0. The van der Waals surface area contributed by atoms with Crippen LogP contribution in [0.5, 0.6) is 17.2 Å². The molecule has 1 saturated carbocycles. The molecule has 3 aromatic heterocycles. The van der Waals surface area contributed by atoms with E-state index in [1.54, 1.807) is 39.8 Å². The van der Waals surface area contributed by atoms with Crippen molar-refractivity contribution in [1.82, 2.24) is 19.3 Å². The number of methoxy groups -OCH3 is 3. The molecule has 12 heteroatoms. The summed E-state index contributed by atoms with van der Waals surface area (Å²) in [7, 11) is 4.75. The minimum Gasteiger partial charge on any atom is -0.496 e. The molecule has 2 saturated heterocycles. The maximum absolute atomic E-state index is 12.7. The highest BCUT2D eigenvalue weighted by atomic mass is 35.5. The quantitative estimate of drug-likeness (QED) is 0.162. The Morgan fingerprint density at radius 3 is 2.22 bits per heavy atom. The number of amides is 1. The molecular weight excluding hydrogens is 663 g/mol. The van der Waals surface area contributed by atoms with Crippen LogP contribution in [0.15, 0.2) is 61.6 Å². The lowest BCUT2D eigenvalue weighted by molar-refractivity contribution is -0.111. The number of anilines is 2. The number of nitrogens with one attached hydrogen (secondary N) is 1. The Labute approximate surface area is 294 Å². The van der Waals surface area contributed by atoms with E-state index in [0.29, 0.717) is 67.3 Å². The van der Waals surface area contributed by atoms with E-state index in [-0.39, 0.29) is 5.91 Å². The van der Waals surface area contributed by atoms with E-state index in [2.05, 4.69) is 26.7 Å². The summed E-state index contributed by atoms with van der Waals surface area (Å²) in [6.45, 7) is 7.85. The Hall–Kier alpha value is -4.51. The normalized spacial score (nSPS) is 19.0. The second-order valence-corrected chi connectivity index (χ2v) is 13.7. The van der Waals surface area contributed by atoms with E-state index in [4.69, 9.17) is 42.4 Å². The second-order valence-electron chi connectivity index (χ2n) is 13.0. The number of aromatic nitrogens is 3. The van der Waals surface area contributed by atoms with Gasteiger partial charge >= 0.3 is 0 Å². The highest BCUT2D eigenvalue weighted by molar-refractivity contribution is 6.41. The lowest BCUT2D eigenvalue weighted by Gasteiger charge is -2.26. The Morgan fingerprint density at radius 1 is 0.898 bits per heavy atom. The van der Waals surface area contributed by atoms with E-state index in [1.165, 1.54) is 18.9 Å². The lowest BCUT2D eigenvalue weighted by atomic mass is 10.0. The van der Waals surface area contributed by atoms with Gasteiger partial charge in [-0.15, -0.1) is 0 Å². The number of hydrogen-bond acceptors (Lipinski definition) is 8. The maximum atomic E-state index is 12.7. The third kappa shape index (κ3) is 5.42. The van der Waals surface area contributed by atoms with Crippen LogP contribution in [0.3, 0.4) is 0 Å². The fourth-order valence-corrected chi connectivity index (χ4v) is 8.30. The van der Waals surface area contributed by atoms with Crippen LogP contribution in [-0.2, 0) is 4.79 Å². The molecule has 2 unspecified atom stereocenters. The summed E-state index contributed by atoms with van der Waals surface area (Å²) in [5.41, 5.74) is 5.80. The van der Waals surface area contributed by atoms with Gasteiger partial charge < -0.3 is 24.4 Å². The van der Waals surface area contributed by atoms with E-state index in [9.17, 15) is 4.79 Å². The van der Waals surface area contributed by atoms with Gasteiger partial charge in [-0.05, 0) is 49.0 Å². The SMILES string of the molecule is C=CC(=O)Nc1cc(-c2cc3c(cn2)cc(-c2c(Cl)c(OC)cc(OC)c2Cl)c2nccn23)c(OC)cc1N1CC2CN(C3CC3)CC2C1. The van der Waals surface area contributed by atoms with Crippen molar-refractivity contribution in [3.8, 4) is 39.6 Å². The van der Waals surface area contributed by atoms with Gasteiger partial charge in [0.2, 0.25) is 5.91 Å². The standard InChI is InChI=1S/C37H36Cl2N6O4/c1-5-33(46)42-27-11-24(30(47-2)13-29(27)44-18-21-16-43(23-6-7-23)17-22(21)19-44)26-12-28-20(15-41-26)10-25(37-40-8-9-45(28)37)34-35(38)31(48-3)14-32(49-4)36(34)39/h5,8-15,21-23H,1,6-7,16-19H2,2-4H3,(H,42,46). The fourth-order valence-electron chi connectivity index (χ4n) is 7.59. The first kappa shape index (κ1) is 31.7. The molecule has 0 bridgehead atoms. The van der Waals surface area contributed by atoms with Crippen molar-refractivity contribution >= 4 is 57.0 Å². The second kappa shape index (κ2) is 12.4. The third-order valence-corrected chi connectivity index (χ3v) is 10.9. The first-order valence-electron chi connectivity index (χ1n) is 16.3. The number of carbonyl (C=O) groups is 1. The molecule has 49 heavy (non-hydrogen) atoms. The minimum atomic E-state index is -0.276. The largest absolute Gasteiger partial charge is 0.496 e. The molecule has 8 rings (SSSR count). The van der Waals surface area contributed by atoms with Gasteiger partial charge in [-0.3, -0.25) is 19.1 Å². The molecule has 1 aliphatic carbocycles. The summed E-state index contributed by atoms with van der Waals surface area (Å²) in [4.78, 5) is 27.3. The summed E-state index contributed by atoms with van der Waals surface area (Å²) >= 11 is 13.7. The topological polar surface area (TPSA) is 93.5 Å². The zero-order valence-electron chi connectivity index (χ0n) is 27.5. The first-order chi connectivity index (χ1) is 23.8. The van der Waals surface area contributed by atoms with Crippen molar-refractivity contribution in [2.75, 3.05) is 57.7 Å². The number of halogens is 2. The Bertz CT molecular complexity index is 2110. The molecule has 2 aliphatic heterocycles. The van der Waals surface area contributed by atoms with Crippen molar-refractivity contribution in [3.05, 3.63) is 71.6 Å². The minimum absolute atomic E-state index is 0.276. The Kier molecular flexibility index (Phi) is 8.05. The van der Waals surface area contributed by atoms with Crippen LogP contribution >= 0.6 is 23.2 Å². The van der Waals surface area contributed by atoms with Gasteiger partial charge in [-0.1, -0.05) is 29.8 Å². The summed E-state index contributed by atoms with van der Waals surface area (Å²) in [5, 5.41) is 4.60. The van der Waals surface area contributed by atoms with Crippen molar-refractivity contribution in [2.45, 2.75) is 18.9 Å². The number of fused-ring (bicyclic) bond motifs is 4. The molecule has 10 nitrogen and oxygen atoms in total. The predicted molar refractivity (Wildman–Crippen MR) is 194 cm³/mol. The Morgan fingerprint density at radius 2 is 1.59 bits per heavy atom. The zero-order valence-corrected chi connectivity index (χ0v) is 29.0. The van der Waals surface area contributed by atoms with Crippen LogP contribution in [0.4, 0.5) is 11.4 Å². The molecule has 2 atom stereocenters. The highest BCUT2D eigenvalue weighted by Crippen LogP contribution is 2.48. The van der Waals surface area contributed by atoms with Crippen LogP contribution in [0.1, 0.15) is 12.8 Å². The number of hydrogen-bond donors (Lipinski definition) is 1. The zero-order chi connectivity index (χ0) is 34.0. The van der Waals surface area contributed by atoms with Crippen LogP contribution in [-0.4, -0.2) is 78.7 Å². The van der Waals surface area contributed by atoms with Crippen molar-refractivity contribution in [3.63, 3.8) is 0 Å². The van der Waals surface area contributed by atoms with Crippen LogP contribution in [0.25, 0.3) is 38.9 Å².